The first kappa shape index (κ1) is 21.8. The molecule has 0 aliphatic carbocycles. The summed E-state index contributed by atoms with van der Waals surface area (Å²) in [6.07, 6.45) is 3.58. The van der Waals surface area contributed by atoms with Crippen LogP contribution in [0.15, 0.2) is 83.6 Å². The van der Waals surface area contributed by atoms with Crippen LogP contribution >= 0.6 is 11.6 Å². The Morgan fingerprint density at radius 3 is 2.59 bits per heavy atom. The second-order valence-electron chi connectivity index (χ2n) is 8.21. The molecule has 7 heteroatoms. The number of aromatic nitrogens is 1. The van der Waals surface area contributed by atoms with Gasteiger partial charge >= 0.3 is 5.97 Å². The van der Waals surface area contributed by atoms with Crippen molar-refractivity contribution in [2.24, 2.45) is 0 Å². The molecule has 0 saturated carbocycles. The number of carboxylic acid groups (broad SMARTS) is 1. The molecule has 6 nitrogen and oxygen atoms in total. The van der Waals surface area contributed by atoms with E-state index in [0.717, 1.165) is 27.4 Å². The average Bonchev–Trinajstić information content (AvgIpc) is 3.45. The summed E-state index contributed by atoms with van der Waals surface area (Å²) in [4.78, 5) is 24.6. The van der Waals surface area contributed by atoms with E-state index < -0.39 is 5.97 Å². The maximum absolute atomic E-state index is 13.5. The lowest BCUT2D eigenvalue weighted by Crippen LogP contribution is -2.27. The Balaban J connectivity index is 1.52. The summed E-state index contributed by atoms with van der Waals surface area (Å²) in [6.45, 7) is 2.42. The van der Waals surface area contributed by atoms with Crippen molar-refractivity contribution in [3.05, 3.63) is 106 Å². The fourth-order valence-electron chi connectivity index (χ4n) is 4.25. The summed E-state index contributed by atoms with van der Waals surface area (Å²) in [7, 11) is 0. The molecule has 0 aliphatic heterocycles. The summed E-state index contributed by atoms with van der Waals surface area (Å²) < 4.78 is 7.66. The fourth-order valence-corrected chi connectivity index (χ4v) is 4.47. The van der Waals surface area contributed by atoms with Gasteiger partial charge in [-0.1, -0.05) is 35.9 Å². The molecule has 170 valence electrons. The van der Waals surface area contributed by atoms with Crippen LogP contribution in [0.5, 0.6) is 0 Å². The number of nitrogens with one attached hydrogen (secondary N) is 1. The van der Waals surface area contributed by atoms with E-state index in [9.17, 15) is 9.59 Å². The second kappa shape index (κ2) is 8.72. The molecule has 0 saturated heterocycles. The molecule has 2 heterocycles. The zero-order valence-corrected chi connectivity index (χ0v) is 19.0. The molecule has 1 atom stereocenters. The van der Waals surface area contributed by atoms with Crippen molar-refractivity contribution in [2.45, 2.75) is 19.5 Å². The lowest BCUT2D eigenvalue weighted by Gasteiger charge is -2.16. The number of rotatable bonds is 6. The fraction of sp³-hybridized carbons (Fsp3) is 0.111. The van der Waals surface area contributed by atoms with Gasteiger partial charge in [0, 0.05) is 28.5 Å². The largest absolute Gasteiger partial charge is 0.478 e. The Morgan fingerprint density at radius 2 is 1.85 bits per heavy atom. The second-order valence-corrected chi connectivity index (χ2v) is 8.65. The summed E-state index contributed by atoms with van der Waals surface area (Å²) in [5, 5.41) is 14.7. The number of hydrogen-bond donors (Lipinski definition) is 2. The first-order valence-electron chi connectivity index (χ1n) is 10.8. The van der Waals surface area contributed by atoms with E-state index in [2.05, 4.69) is 5.32 Å². The van der Waals surface area contributed by atoms with E-state index in [1.165, 1.54) is 12.1 Å². The van der Waals surface area contributed by atoms with E-state index in [1.54, 1.807) is 24.5 Å². The Bertz CT molecular complexity index is 1530. The minimum Gasteiger partial charge on any atom is -0.478 e. The zero-order valence-electron chi connectivity index (χ0n) is 18.3. The quantitative estimate of drug-likeness (QED) is 0.304. The van der Waals surface area contributed by atoms with Gasteiger partial charge in [0.25, 0.3) is 5.91 Å². The van der Waals surface area contributed by atoms with Crippen LogP contribution in [-0.2, 0) is 6.54 Å². The number of furan rings is 1. The number of halogens is 1. The number of fused-ring (bicyclic) bond motifs is 3. The first-order valence-corrected chi connectivity index (χ1v) is 11.2. The molecule has 0 bridgehead atoms. The number of carboxylic acids is 1. The van der Waals surface area contributed by atoms with Crippen LogP contribution in [0.2, 0.25) is 5.02 Å². The van der Waals surface area contributed by atoms with Crippen LogP contribution in [0.3, 0.4) is 0 Å². The zero-order chi connectivity index (χ0) is 23.8. The van der Waals surface area contributed by atoms with Crippen molar-refractivity contribution in [2.75, 3.05) is 0 Å². The van der Waals surface area contributed by atoms with Gasteiger partial charge in [-0.3, -0.25) is 4.79 Å². The minimum atomic E-state index is -0.988. The number of carbonyl (C=O) groups excluding carboxylic acids is 1. The van der Waals surface area contributed by atoms with Crippen LogP contribution in [0, 0.1) is 0 Å². The SMILES string of the molecule is C[C@H](NC(=O)c1cc2occc2c2ccn(Cc3cccc(Cl)c3)c12)c1ccc(C(=O)O)cc1. The molecule has 2 aromatic heterocycles. The van der Waals surface area contributed by atoms with Gasteiger partial charge in [0.15, 0.2) is 0 Å². The third-order valence-electron chi connectivity index (χ3n) is 5.97. The maximum Gasteiger partial charge on any atom is 0.335 e. The number of benzene rings is 3. The third-order valence-corrected chi connectivity index (χ3v) is 6.21. The summed E-state index contributed by atoms with van der Waals surface area (Å²) >= 11 is 6.17. The number of aromatic carboxylic acids is 1. The number of hydrogen-bond acceptors (Lipinski definition) is 3. The van der Waals surface area contributed by atoms with E-state index in [0.29, 0.717) is 22.7 Å². The Morgan fingerprint density at radius 1 is 1.06 bits per heavy atom. The van der Waals surface area contributed by atoms with Crippen molar-refractivity contribution < 1.29 is 19.1 Å². The lowest BCUT2D eigenvalue weighted by atomic mass is 10.0. The maximum atomic E-state index is 13.5. The Kier molecular flexibility index (Phi) is 5.59. The van der Waals surface area contributed by atoms with E-state index in [4.69, 9.17) is 21.1 Å². The predicted octanol–water partition coefficient (Wildman–Crippen LogP) is 6.28. The molecule has 2 N–H and O–H groups in total. The van der Waals surface area contributed by atoms with Gasteiger partial charge in [-0.2, -0.15) is 0 Å². The van der Waals surface area contributed by atoms with E-state index >= 15 is 0 Å². The van der Waals surface area contributed by atoms with Crippen molar-refractivity contribution in [3.8, 4) is 0 Å². The van der Waals surface area contributed by atoms with Gasteiger partial charge in [0.2, 0.25) is 0 Å². The minimum absolute atomic E-state index is 0.200. The molecular weight excluding hydrogens is 452 g/mol. The number of carbonyl (C=O) groups is 2. The molecule has 3 aromatic carbocycles. The highest BCUT2D eigenvalue weighted by atomic mass is 35.5. The van der Waals surface area contributed by atoms with Crippen LogP contribution in [-0.4, -0.2) is 21.6 Å². The smallest absolute Gasteiger partial charge is 0.335 e. The molecule has 5 aromatic rings. The van der Waals surface area contributed by atoms with Gasteiger partial charge in [0.1, 0.15) is 5.58 Å². The van der Waals surface area contributed by atoms with Gasteiger partial charge in [-0.05, 0) is 60.5 Å². The van der Waals surface area contributed by atoms with E-state index in [1.807, 2.05) is 54.1 Å². The number of amides is 1. The molecule has 1 amide bonds. The molecule has 0 unspecified atom stereocenters. The first-order chi connectivity index (χ1) is 16.4. The van der Waals surface area contributed by atoms with Crippen LogP contribution in [0.25, 0.3) is 21.9 Å². The molecule has 5 rings (SSSR count). The monoisotopic (exact) mass is 472 g/mol. The lowest BCUT2D eigenvalue weighted by molar-refractivity contribution is 0.0696. The highest BCUT2D eigenvalue weighted by molar-refractivity contribution is 6.30. The average molecular weight is 473 g/mol. The normalized spacial score (nSPS) is 12.2. The van der Waals surface area contributed by atoms with Crippen molar-refractivity contribution in [1.82, 2.24) is 9.88 Å². The summed E-state index contributed by atoms with van der Waals surface area (Å²) in [5.74, 6) is -1.23. The highest BCUT2D eigenvalue weighted by Crippen LogP contribution is 2.31. The molecule has 34 heavy (non-hydrogen) atoms. The third kappa shape index (κ3) is 4.04. The van der Waals surface area contributed by atoms with Gasteiger partial charge in [-0.25, -0.2) is 4.79 Å². The number of nitrogens with zero attached hydrogens (tertiary/aromatic N) is 1. The molecule has 0 spiro atoms. The van der Waals surface area contributed by atoms with E-state index in [-0.39, 0.29) is 17.5 Å². The van der Waals surface area contributed by atoms with Gasteiger partial charge in [-0.15, -0.1) is 0 Å². The Labute approximate surface area is 200 Å². The van der Waals surface area contributed by atoms with Crippen LogP contribution < -0.4 is 5.32 Å². The van der Waals surface area contributed by atoms with Gasteiger partial charge < -0.3 is 19.4 Å². The Hall–Kier alpha value is -4.03. The molecule has 0 radical (unpaired) electrons. The predicted molar refractivity (Wildman–Crippen MR) is 132 cm³/mol. The molecule has 0 aliphatic rings. The highest BCUT2D eigenvalue weighted by Gasteiger charge is 2.20. The van der Waals surface area contributed by atoms with Crippen molar-refractivity contribution >= 4 is 45.3 Å². The van der Waals surface area contributed by atoms with Crippen molar-refractivity contribution in [3.63, 3.8) is 0 Å². The summed E-state index contributed by atoms with van der Waals surface area (Å²) in [6, 6.07) is 19.5. The molecule has 0 fully saturated rings. The van der Waals surface area contributed by atoms with Crippen molar-refractivity contribution in [1.29, 1.82) is 0 Å². The van der Waals surface area contributed by atoms with Gasteiger partial charge in [0.05, 0.1) is 28.9 Å². The summed E-state index contributed by atoms with van der Waals surface area (Å²) in [5.41, 5.74) is 3.97. The standard InChI is InChI=1S/C27H21ClN2O4/c1-16(18-5-7-19(8-6-18)27(32)33)29-26(31)23-14-24-21(10-12-34-24)22-9-11-30(25(22)23)15-17-3-2-4-20(28)13-17/h2-14,16H,15H2,1H3,(H,29,31)(H,32,33)/t16-/m0/s1. The van der Waals surface area contributed by atoms with Crippen LogP contribution in [0.4, 0.5) is 0 Å². The molecular formula is C27H21ClN2O4. The topological polar surface area (TPSA) is 84.5 Å². The van der Waals surface area contributed by atoms with Crippen LogP contribution in [0.1, 0.15) is 44.8 Å².